The highest BCUT2D eigenvalue weighted by Crippen LogP contribution is 2.33. The lowest BCUT2D eigenvalue weighted by Gasteiger charge is -2.27. The highest BCUT2D eigenvalue weighted by atomic mass is 16.5. The lowest BCUT2D eigenvalue weighted by molar-refractivity contribution is -0.693. The fourth-order valence-electron chi connectivity index (χ4n) is 5.60. The Morgan fingerprint density at radius 1 is 0.750 bits per heavy atom. The van der Waals surface area contributed by atoms with Crippen LogP contribution < -0.4 is 14.0 Å². The molecule has 0 radical (unpaired) electrons. The van der Waals surface area contributed by atoms with E-state index in [9.17, 15) is 4.79 Å². The van der Waals surface area contributed by atoms with Crippen LogP contribution in [0.15, 0.2) is 67.0 Å². The molecule has 0 N–H and O–H groups in total. The Morgan fingerprint density at radius 3 is 1.98 bits per heavy atom. The summed E-state index contributed by atoms with van der Waals surface area (Å²) in [5.41, 5.74) is 3.83. The van der Waals surface area contributed by atoms with Gasteiger partial charge in [0, 0.05) is 25.2 Å². The Labute approximate surface area is 267 Å². The second kappa shape index (κ2) is 18.5. The van der Waals surface area contributed by atoms with Crippen molar-refractivity contribution in [3.05, 3.63) is 89.2 Å². The molecule has 0 spiro atoms. The number of hydrogen-bond acceptors (Lipinski definition) is 3. The zero-order valence-corrected chi connectivity index (χ0v) is 28.4. The van der Waals surface area contributed by atoms with E-state index in [0.29, 0.717) is 24.4 Å². The van der Waals surface area contributed by atoms with Gasteiger partial charge in [0.1, 0.15) is 18.0 Å². The highest BCUT2D eigenvalue weighted by Gasteiger charge is 2.23. The maximum Gasteiger partial charge on any atom is 0.258 e. The number of para-hydroxylation sites is 1. The Hall–Kier alpha value is -3.34. The number of rotatable bonds is 19. The number of carbonyl (C=O) groups is 1. The van der Waals surface area contributed by atoms with Gasteiger partial charge in [-0.3, -0.25) is 4.79 Å². The molecule has 3 rings (SSSR count). The summed E-state index contributed by atoms with van der Waals surface area (Å²) in [6, 6.07) is 18.1. The average molecular weight is 602 g/mol. The third-order valence-electron chi connectivity index (χ3n) is 8.30. The quantitative estimate of drug-likeness (QED) is 0.102. The first kappa shape index (κ1) is 35.1. The van der Waals surface area contributed by atoms with Gasteiger partial charge < -0.3 is 14.4 Å². The van der Waals surface area contributed by atoms with Gasteiger partial charge in [0.25, 0.3) is 5.91 Å². The number of benzene rings is 2. The van der Waals surface area contributed by atoms with E-state index in [-0.39, 0.29) is 11.3 Å². The molecule has 5 nitrogen and oxygen atoms in total. The number of aromatic nitrogens is 1. The van der Waals surface area contributed by atoms with Crippen LogP contribution in [0.25, 0.3) is 0 Å². The van der Waals surface area contributed by atoms with Gasteiger partial charge in [0.2, 0.25) is 0 Å². The lowest BCUT2D eigenvalue weighted by atomic mass is 9.85. The molecule has 3 aromatic rings. The smallest absolute Gasteiger partial charge is 0.258 e. The van der Waals surface area contributed by atoms with Crippen molar-refractivity contribution in [2.75, 3.05) is 13.7 Å². The number of pyridine rings is 1. The Bertz CT molecular complexity index is 1260. The highest BCUT2D eigenvalue weighted by molar-refractivity contribution is 5.96. The Morgan fingerprint density at radius 2 is 1.36 bits per heavy atom. The summed E-state index contributed by atoms with van der Waals surface area (Å²) < 4.78 is 14.0. The number of aryl methyl sites for hydroxylation is 1. The molecule has 5 heteroatoms. The van der Waals surface area contributed by atoms with E-state index < -0.39 is 0 Å². The molecule has 0 bridgehead atoms. The van der Waals surface area contributed by atoms with Gasteiger partial charge in [0.15, 0.2) is 12.4 Å². The van der Waals surface area contributed by atoms with E-state index in [1.165, 1.54) is 63.4 Å². The third kappa shape index (κ3) is 11.3. The Kier molecular flexibility index (Phi) is 14.7. The van der Waals surface area contributed by atoms with Crippen molar-refractivity contribution < 1.29 is 18.8 Å². The van der Waals surface area contributed by atoms with Gasteiger partial charge >= 0.3 is 0 Å². The molecule has 1 aromatic heterocycles. The standard InChI is InChI=1S/C39H57N2O3/c1-7-9-10-11-12-13-14-15-16-19-28-44-37-23-22-33(29-35(37)39(3,4)5)31-41(30-32-24-26-40(8-2)27-25-32)38(42)34-20-17-18-21-36(34)43-6/h17-18,20-27,29H,7-16,19,28,30-31H2,1-6H3/q+1. The summed E-state index contributed by atoms with van der Waals surface area (Å²) in [5.74, 6) is 1.49. The molecule has 0 aliphatic rings. The predicted molar refractivity (Wildman–Crippen MR) is 181 cm³/mol. The van der Waals surface area contributed by atoms with Gasteiger partial charge in [-0.15, -0.1) is 0 Å². The lowest BCUT2D eigenvalue weighted by Crippen LogP contribution is -2.33. The maximum absolute atomic E-state index is 13.9. The fraction of sp³-hybridized carbons (Fsp3) is 0.538. The Balaban J connectivity index is 1.69. The van der Waals surface area contributed by atoms with Crippen LogP contribution in [0.4, 0.5) is 0 Å². The van der Waals surface area contributed by atoms with Crippen LogP contribution in [-0.2, 0) is 25.0 Å². The summed E-state index contributed by atoms with van der Waals surface area (Å²) in [5, 5.41) is 0. The molecule has 0 aliphatic carbocycles. The minimum Gasteiger partial charge on any atom is -0.496 e. The molecular weight excluding hydrogens is 544 g/mol. The average Bonchev–Trinajstić information content (AvgIpc) is 3.03. The molecular formula is C39H57N2O3+. The first-order valence-electron chi connectivity index (χ1n) is 16.9. The van der Waals surface area contributed by atoms with Crippen molar-refractivity contribution in [1.82, 2.24) is 4.90 Å². The normalized spacial score (nSPS) is 11.4. The molecule has 0 saturated heterocycles. The van der Waals surface area contributed by atoms with E-state index in [1.807, 2.05) is 29.2 Å². The van der Waals surface area contributed by atoms with Crippen LogP contribution in [-0.4, -0.2) is 24.5 Å². The minimum absolute atomic E-state index is 0.0479. The molecule has 2 aromatic carbocycles. The van der Waals surface area contributed by atoms with Gasteiger partial charge in [0.05, 0.1) is 19.3 Å². The van der Waals surface area contributed by atoms with Crippen LogP contribution in [0.3, 0.4) is 0 Å². The van der Waals surface area contributed by atoms with E-state index in [2.05, 4.69) is 81.9 Å². The number of amides is 1. The zero-order valence-electron chi connectivity index (χ0n) is 28.4. The van der Waals surface area contributed by atoms with E-state index in [4.69, 9.17) is 9.47 Å². The zero-order chi connectivity index (χ0) is 31.8. The molecule has 44 heavy (non-hydrogen) atoms. The van der Waals surface area contributed by atoms with Gasteiger partial charge in [-0.25, -0.2) is 4.57 Å². The van der Waals surface area contributed by atoms with Crippen molar-refractivity contribution in [3.8, 4) is 11.5 Å². The second-order valence-electron chi connectivity index (χ2n) is 13.0. The summed E-state index contributed by atoms with van der Waals surface area (Å²) in [7, 11) is 1.61. The largest absolute Gasteiger partial charge is 0.496 e. The number of hydrogen-bond donors (Lipinski definition) is 0. The monoisotopic (exact) mass is 601 g/mol. The van der Waals surface area contributed by atoms with Crippen LogP contribution in [0, 0.1) is 0 Å². The van der Waals surface area contributed by atoms with Crippen LogP contribution >= 0.6 is 0 Å². The topological polar surface area (TPSA) is 42.7 Å². The number of carbonyl (C=O) groups excluding carboxylic acids is 1. The molecule has 0 unspecified atom stereocenters. The second-order valence-corrected chi connectivity index (χ2v) is 13.0. The summed E-state index contributed by atoms with van der Waals surface area (Å²) in [6.45, 7) is 13.7. The fourth-order valence-corrected chi connectivity index (χ4v) is 5.60. The van der Waals surface area contributed by atoms with Crippen LogP contribution in [0.1, 0.15) is 126 Å². The molecule has 0 aliphatic heterocycles. The van der Waals surface area contributed by atoms with Crippen molar-refractivity contribution in [3.63, 3.8) is 0 Å². The van der Waals surface area contributed by atoms with E-state index >= 15 is 0 Å². The van der Waals surface area contributed by atoms with Crippen molar-refractivity contribution in [2.45, 2.75) is 124 Å². The molecule has 0 saturated carbocycles. The van der Waals surface area contributed by atoms with E-state index in [1.54, 1.807) is 7.11 Å². The number of unbranched alkanes of at least 4 members (excludes halogenated alkanes) is 9. The summed E-state index contributed by atoms with van der Waals surface area (Å²) in [4.78, 5) is 15.9. The number of ether oxygens (including phenoxy) is 2. The molecule has 1 heterocycles. The SMILES string of the molecule is CCCCCCCCCCCCOc1ccc(CN(Cc2cc[n+](CC)cc2)C(=O)c2ccccc2OC)cc1C(C)(C)C. The minimum atomic E-state index is -0.0895. The molecule has 0 atom stereocenters. The van der Waals surface area contributed by atoms with Crippen LogP contribution in [0.5, 0.6) is 11.5 Å². The molecule has 1 amide bonds. The molecule has 0 fully saturated rings. The molecule has 240 valence electrons. The van der Waals surface area contributed by atoms with Gasteiger partial charge in [-0.05, 0) is 59.7 Å². The number of nitrogens with zero attached hydrogens (tertiary/aromatic N) is 2. The third-order valence-corrected chi connectivity index (χ3v) is 8.30. The van der Waals surface area contributed by atoms with E-state index in [0.717, 1.165) is 36.4 Å². The summed E-state index contributed by atoms with van der Waals surface area (Å²) in [6.07, 6.45) is 17.3. The maximum atomic E-state index is 13.9. The predicted octanol–water partition coefficient (Wildman–Crippen LogP) is 9.44. The van der Waals surface area contributed by atoms with Crippen molar-refractivity contribution >= 4 is 5.91 Å². The number of methoxy groups -OCH3 is 1. The van der Waals surface area contributed by atoms with Gasteiger partial charge in [-0.1, -0.05) is 104 Å². The van der Waals surface area contributed by atoms with Crippen LogP contribution in [0.2, 0.25) is 0 Å². The summed E-state index contributed by atoms with van der Waals surface area (Å²) >= 11 is 0. The van der Waals surface area contributed by atoms with Gasteiger partial charge in [-0.2, -0.15) is 0 Å². The first-order valence-corrected chi connectivity index (χ1v) is 16.9. The van der Waals surface area contributed by atoms with Crippen molar-refractivity contribution in [2.24, 2.45) is 0 Å². The van der Waals surface area contributed by atoms with Crippen molar-refractivity contribution in [1.29, 1.82) is 0 Å². The first-order chi connectivity index (χ1) is 21.3.